The number of rotatable bonds is 6. The van der Waals surface area contributed by atoms with Gasteiger partial charge in [-0.25, -0.2) is 14.6 Å². The van der Waals surface area contributed by atoms with Gasteiger partial charge in [-0.1, -0.05) is 48.5 Å². The Morgan fingerprint density at radius 1 is 1.07 bits per heavy atom. The number of anilines is 2. The fourth-order valence-corrected chi connectivity index (χ4v) is 2.83. The number of hydrazone groups is 1. The Morgan fingerprint density at radius 2 is 1.77 bits per heavy atom. The van der Waals surface area contributed by atoms with Crippen LogP contribution in [-0.2, 0) is 0 Å². The molecule has 4 rings (SSSR count). The van der Waals surface area contributed by atoms with Crippen LogP contribution in [0.3, 0.4) is 0 Å². The molecule has 0 spiro atoms. The third-order valence-electron chi connectivity index (χ3n) is 4.22. The van der Waals surface area contributed by atoms with Crippen LogP contribution in [0, 0.1) is 10.1 Å². The molecule has 0 unspecified atom stereocenters. The molecule has 30 heavy (non-hydrogen) atoms. The third-order valence-corrected chi connectivity index (χ3v) is 4.22. The molecule has 0 radical (unpaired) electrons. The molecular weight excluding hydrogens is 384 g/mol. The molecular formula is C20H16N8O2. The van der Waals surface area contributed by atoms with Gasteiger partial charge in [0.1, 0.15) is 12.0 Å². The second kappa shape index (κ2) is 8.19. The summed E-state index contributed by atoms with van der Waals surface area (Å²) in [6, 6.07) is 19.3. The van der Waals surface area contributed by atoms with E-state index >= 15 is 0 Å². The van der Waals surface area contributed by atoms with Gasteiger partial charge in [-0.3, -0.25) is 15.5 Å². The van der Waals surface area contributed by atoms with E-state index in [4.69, 9.17) is 5.73 Å². The zero-order chi connectivity index (χ0) is 20.9. The molecule has 0 aliphatic heterocycles. The van der Waals surface area contributed by atoms with Crippen LogP contribution in [0.2, 0.25) is 0 Å². The van der Waals surface area contributed by atoms with Crippen LogP contribution < -0.4 is 11.2 Å². The third kappa shape index (κ3) is 3.83. The summed E-state index contributed by atoms with van der Waals surface area (Å²) in [6.45, 7) is 0. The van der Waals surface area contributed by atoms with Gasteiger partial charge in [-0.15, -0.1) is 0 Å². The number of hydrogen-bond donors (Lipinski definition) is 2. The van der Waals surface area contributed by atoms with Crippen molar-refractivity contribution in [2.45, 2.75) is 0 Å². The van der Waals surface area contributed by atoms with E-state index in [1.54, 1.807) is 4.68 Å². The van der Waals surface area contributed by atoms with Gasteiger partial charge in [0.05, 0.1) is 16.8 Å². The number of benzene rings is 2. The van der Waals surface area contributed by atoms with Crippen molar-refractivity contribution < 1.29 is 4.92 Å². The van der Waals surface area contributed by atoms with Crippen molar-refractivity contribution in [3.8, 4) is 16.9 Å². The minimum Gasteiger partial charge on any atom is -0.378 e. The largest absolute Gasteiger partial charge is 0.378 e. The fraction of sp³-hybridized carbons (Fsp3) is 0. The van der Waals surface area contributed by atoms with Gasteiger partial charge >= 0.3 is 5.69 Å². The summed E-state index contributed by atoms with van der Waals surface area (Å²) in [7, 11) is 0. The molecule has 148 valence electrons. The lowest BCUT2D eigenvalue weighted by atomic mass is 10.1. The van der Waals surface area contributed by atoms with Crippen molar-refractivity contribution in [2.75, 3.05) is 11.2 Å². The second-order valence-corrected chi connectivity index (χ2v) is 6.16. The molecule has 2 heterocycles. The molecule has 10 nitrogen and oxygen atoms in total. The van der Waals surface area contributed by atoms with Crippen molar-refractivity contribution >= 4 is 23.5 Å². The van der Waals surface area contributed by atoms with Crippen LogP contribution in [0.15, 0.2) is 78.3 Å². The highest BCUT2D eigenvalue weighted by molar-refractivity contribution is 5.89. The number of nitrogens with one attached hydrogen (secondary N) is 1. The fourth-order valence-electron chi connectivity index (χ4n) is 2.83. The first-order valence-electron chi connectivity index (χ1n) is 8.88. The van der Waals surface area contributed by atoms with Crippen LogP contribution in [0.4, 0.5) is 17.3 Å². The Labute approximate surface area is 170 Å². The monoisotopic (exact) mass is 400 g/mol. The van der Waals surface area contributed by atoms with Gasteiger partial charge < -0.3 is 5.73 Å². The van der Waals surface area contributed by atoms with Gasteiger partial charge in [-0.05, 0) is 12.1 Å². The van der Waals surface area contributed by atoms with Crippen LogP contribution in [0.1, 0.15) is 5.56 Å². The predicted octanol–water partition coefficient (Wildman–Crippen LogP) is 3.27. The summed E-state index contributed by atoms with van der Waals surface area (Å²) in [5, 5.41) is 20.0. The Bertz CT molecular complexity index is 1210. The van der Waals surface area contributed by atoms with Crippen molar-refractivity contribution in [3.05, 3.63) is 88.9 Å². The number of aromatic nitrogens is 4. The topological polar surface area (TPSA) is 137 Å². The number of hydrogen-bond acceptors (Lipinski definition) is 8. The number of para-hydroxylation sites is 1. The lowest BCUT2D eigenvalue weighted by Crippen LogP contribution is -2.04. The van der Waals surface area contributed by atoms with E-state index in [1.165, 1.54) is 6.21 Å². The molecule has 0 aliphatic rings. The van der Waals surface area contributed by atoms with E-state index < -0.39 is 10.6 Å². The van der Waals surface area contributed by atoms with E-state index in [2.05, 4.69) is 25.6 Å². The quantitative estimate of drug-likeness (QED) is 0.288. The van der Waals surface area contributed by atoms with E-state index in [1.807, 2.05) is 66.9 Å². The van der Waals surface area contributed by atoms with E-state index in [0.717, 1.165) is 17.6 Å². The Kier molecular flexibility index (Phi) is 5.12. The summed E-state index contributed by atoms with van der Waals surface area (Å²) >= 11 is 0. The first-order valence-corrected chi connectivity index (χ1v) is 8.88. The highest BCUT2D eigenvalue weighted by Crippen LogP contribution is 2.26. The van der Waals surface area contributed by atoms with Crippen LogP contribution >= 0.6 is 0 Å². The Balaban J connectivity index is 1.69. The molecule has 2 aromatic carbocycles. The molecule has 0 saturated carbocycles. The smallest absolute Gasteiger partial charge is 0.354 e. The maximum atomic E-state index is 11.2. The zero-order valence-corrected chi connectivity index (χ0v) is 15.6. The maximum Gasteiger partial charge on any atom is 0.354 e. The number of nitro groups is 1. The lowest BCUT2D eigenvalue weighted by molar-refractivity contribution is -0.383. The number of nitrogens with two attached hydrogens (primary N) is 1. The summed E-state index contributed by atoms with van der Waals surface area (Å²) < 4.78 is 1.74. The minimum atomic E-state index is -0.657. The van der Waals surface area contributed by atoms with Gasteiger partial charge in [-0.2, -0.15) is 10.2 Å². The van der Waals surface area contributed by atoms with Gasteiger partial charge in [0, 0.05) is 17.3 Å². The van der Waals surface area contributed by atoms with Crippen molar-refractivity contribution in [3.63, 3.8) is 0 Å². The van der Waals surface area contributed by atoms with Gasteiger partial charge in [0.25, 0.3) is 0 Å². The SMILES string of the molecule is Nc1ncnc(NN=Cc2cn(-c3ccccc3)nc2-c2ccccc2)c1[N+](=O)[O-]. The lowest BCUT2D eigenvalue weighted by Gasteiger charge is -2.02. The van der Waals surface area contributed by atoms with Crippen molar-refractivity contribution in [1.82, 2.24) is 19.7 Å². The van der Waals surface area contributed by atoms with Crippen molar-refractivity contribution in [2.24, 2.45) is 5.10 Å². The molecule has 4 aromatic rings. The number of nitrogens with zero attached hydrogens (tertiary/aromatic N) is 6. The maximum absolute atomic E-state index is 11.2. The van der Waals surface area contributed by atoms with E-state index in [0.29, 0.717) is 11.3 Å². The molecule has 0 atom stereocenters. The molecule has 3 N–H and O–H groups in total. The molecule has 0 bridgehead atoms. The van der Waals surface area contributed by atoms with Crippen LogP contribution in [-0.4, -0.2) is 30.9 Å². The normalized spacial score (nSPS) is 10.9. The van der Waals surface area contributed by atoms with Gasteiger partial charge in [0.2, 0.25) is 11.6 Å². The zero-order valence-electron chi connectivity index (χ0n) is 15.6. The predicted molar refractivity (Wildman–Crippen MR) is 113 cm³/mol. The Morgan fingerprint density at radius 3 is 2.47 bits per heavy atom. The average Bonchev–Trinajstić information content (AvgIpc) is 3.19. The second-order valence-electron chi connectivity index (χ2n) is 6.16. The highest BCUT2D eigenvalue weighted by Gasteiger charge is 2.20. The molecule has 0 aliphatic carbocycles. The average molecular weight is 400 g/mol. The summed E-state index contributed by atoms with van der Waals surface area (Å²) in [5.41, 5.74) is 10.9. The summed E-state index contributed by atoms with van der Waals surface area (Å²) in [6.07, 6.45) is 4.48. The minimum absolute atomic E-state index is 0.0968. The van der Waals surface area contributed by atoms with Gasteiger partial charge in [0.15, 0.2) is 0 Å². The van der Waals surface area contributed by atoms with Crippen LogP contribution in [0.5, 0.6) is 0 Å². The summed E-state index contributed by atoms with van der Waals surface area (Å²) in [5.74, 6) is -0.338. The highest BCUT2D eigenvalue weighted by atomic mass is 16.6. The van der Waals surface area contributed by atoms with Crippen LogP contribution in [0.25, 0.3) is 16.9 Å². The van der Waals surface area contributed by atoms with E-state index in [9.17, 15) is 10.1 Å². The first kappa shape index (κ1) is 18.7. The van der Waals surface area contributed by atoms with Crippen molar-refractivity contribution in [1.29, 1.82) is 0 Å². The Hall–Kier alpha value is -4.60. The summed E-state index contributed by atoms with van der Waals surface area (Å²) in [4.78, 5) is 18.0. The molecule has 10 heteroatoms. The molecule has 0 saturated heterocycles. The molecule has 0 fully saturated rings. The van der Waals surface area contributed by atoms with E-state index in [-0.39, 0.29) is 11.6 Å². The number of nitrogen functional groups attached to an aromatic ring is 1. The standard InChI is InChI=1S/C20H16N8O2/c21-19-18(28(29)30)20(23-13-22-19)25-24-11-15-12-27(16-9-5-2-6-10-16)26-17(15)14-7-3-1-4-8-14/h1-13H,(H3,21,22,23,25). The molecule has 2 aromatic heterocycles. The molecule has 0 amide bonds. The first-order chi connectivity index (χ1) is 14.6.